The molecule has 4 aromatic rings. The number of ether oxygens (including phenoxy) is 1. The van der Waals surface area contributed by atoms with Crippen LogP contribution in [0.5, 0.6) is 5.75 Å². The minimum absolute atomic E-state index is 0.214. The van der Waals surface area contributed by atoms with Crippen molar-refractivity contribution < 1.29 is 9.53 Å². The van der Waals surface area contributed by atoms with Gasteiger partial charge in [0.05, 0.1) is 6.54 Å². The molecule has 1 aromatic heterocycles. The van der Waals surface area contributed by atoms with E-state index in [1.54, 1.807) is 18.2 Å². The molecule has 1 N–H and O–H groups in total. The molecule has 0 bridgehead atoms. The molecule has 0 unspecified atom stereocenters. The molecule has 0 atom stereocenters. The van der Waals surface area contributed by atoms with Crippen LogP contribution < -0.4 is 10.1 Å². The zero-order chi connectivity index (χ0) is 21.6. The molecular formula is C25H22ClN3O2. The van der Waals surface area contributed by atoms with Gasteiger partial charge in [-0.1, -0.05) is 60.1 Å². The smallest absolute Gasteiger partial charge is 0.256 e. The predicted octanol–water partition coefficient (Wildman–Crippen LogP) is 5.72. The fourth-order valence-corrected chi connectivity index (χ4v) is 3.38. The molecule has 1 amide bonds. The van der Waals surface area contributed by atoms with Crippen molar-refractivity contribution in [3.63, 3.8) is 0 Å². The highest BCUT2D eigenvalue weighted by Crippen LogP contribution is 2.19. The van der Waals surface area contributed by atoms with Gasteiger partial charge in [0, 0.05) is 22.3 Å². The van der Waals surface area contributed by atoms with Crippen molar-refractivity contribution in [1.29, 1.82) is 0 Å². The van der Waals surface area contributed by atoms with Gasteiger partial charge in [-0.3, -0.25) is 9.48 Å². The second-order valence-electron chi connectivity index (χ2n) is 7.21. The molecule has 0 spiro atoms. The van der Waals surface area contributed by atoms with Crippen LogP contribution in [0.15, 0.2) is 84.9 Å². The summed E-state index contributed by atoms with van der Waals surface area (Å²) >= 11 is 5.99. The number of halogens is 1. The van der Waals surface area contributed by atoms with Crippen molar-refractivity contribution >= 4 is 23.3 Å². The maximum atomic E-state index is 12.7. The van der Waals surface area contributed by atoms with Crippen molar-refractivity contribution in [2.24, 2.45) is 0 Å². The van der Waals surface area contributed by atoms with Crippen molar-refractivity contribution in [2.45, 2.75) is 20.1 Å². The van der Waals surface area contributed by atoms with E-state index >= 15 is 0 Å². The largest absolute Gasteiger partial charge is 0.489 e. The number of nitrogens with zero attached hydrogens (tertiary/aromatic N) is 2. The van der Waals surface area contributed by atoms with Crippen molar-refractivity contribution in [3.05, 3.63) is 112 Å². The summed E-state index contributed by atoms with van der Waals surface area (Å²) in [4.78, 5) is 12.7. The minimum atomic E-state index is -0.214. The summed E-state index contributed by atoms with van der Waals surface area (Å²) in [5.74, 6) is 0.995. The third kappa shape index (κ3) is 5.53. The third-order valence-corrected chi connectivity index (χ3v) is 5.02. The predicted molar refractivity (Wildman–Crippen MR) is 123 cm³/mol. The molecule has 0 aliphatic heterocycles. The lowest BCUT2D eigenvalue weighted by molar-refractivity contribution is 0.102. The molecule has 3 aromatic carbocycles. The molecule has 4 rings (SSSR count). The van der Waals surface area contributed by atoms with E-state index in [-0.39, 0.29) is 5.91 Å². The Labute approximate surface area is 186 Å². The Hall–Kier alpha value is -3.57. The highest BCUT2D eigenvalue weighted by atomic mass is 35.5. The van der Waals surface area contributed by atoms with E-state index in [0.29, 0.717) is 35.3 Å². The Kier molecular flexibility index (Phi) is 6.34. The molecule has 0 aliphatic carbocycles. The van der Waals surface area contributed by atoms with E-state index < -0.39 is 0 Å². The topological polar surface area (TPSA) is 56.1 Å². The van der Waals surface area contributed by atoms with Gasteiger partial charge in [0.2, 0.25) is 0 Å². The van der Waals surface area contributed by atoms with E-state index in [1.807, 2.05) is 66.2 Å². The summed E-state index contributed by atoms with van der Waals surface area (Å²) < 4.78 is 7.64. The number of carbonyl (C=O) groups is 1. The van der Waals surface area contributed by atoms with Crippen LogP contribution in [-0.4, -0.2) is 15.7 Å². The van der Waals surface area contributed by atoms with Gasteiger partial charge >= 0.3 is 0 Å². The molecule has 0 fully saturated rings. The molecule has 0 saturated heterocycles. The fourth-order valence-electron chi connectivity index (χ4n) is 3.20. The number of nitrogens with one attached hydrogen (secondary N) is 1. The van der Waals surface area contributed by atoms with Gasteiger partial charge in [0.15, 0.2) is 5.82 Å². The van der Waals surface area contributed by atoms with Gasteiger partial charge < -0.3 is 10.1 Å². The zero-order valence-electron chi connectivity index (χ0n) is 17.1. The average molecular weight is 432 g/mol. The zero-order valence-corrected chi connectivity index (χ0v) is 17.8. The molecule has 31 heavy (non-hydrogen) atoms. The summed E-state index contributed by atoms with van der Waals surface area (Å²) in [6.45, 7) is 2.96. The molecule has 6 heteroatoms. The van der Waals surface area contributed by atoms with Gasteiger partial charge in [-0.25, -0.2) is 0 Å². The number of amides is 1. The Morgan fingerprint density at radius 3 is 2.55 bits per heavy atom. The monoisotopic (exact) mass is 431 g/mol. The lowest BCUT2D eigenvalue weighted by Gasteiger charge is -2.08. The van der Waals surface area contributed by atoms with Crippen LogP contribution in [0, 0.1) is 6.92 Å². The Bertz CT molecular complexity index is 1190. The highest BCUT2D eigenvalue weighted by Gasteiger charge is 2.11. The maximum absolute atomic E-state index is 12.7. The number of hydrogen-bond acceptors (Lipinski definition) is 3. The maximum Gasteiger partial charge on any atom is 0.256 e. The minimum Gasteiger partial charge on any atom is -0.489 e. The molecule has 0 saturated carbocycles. The summed E-state index contributed by atoms with van der Waals surface area (Å²) in [5, 5.41) is 8.03. The van der Waals surface area contributed by atoms with Crippen LogP contribution in [0.2, 0.25) is 5.02 Å². The molecular weight excluding hydrogens is 410 g/mol. The molecule has 156 valence electrons. The second-order valence-corrected chi connectivity index (χ2v) is 7.65. The summed E-state index contributed by atoms with van der Waals surface area (Å²) in [6.07, 6.45) is 0. The van der Waals surface area contributed by atoms with Gasteiger partial charge in [0.25, 0.3) is 5.91 Å². The number of carbonyl (C=O) groups excluding carboxylic acids is 1. The van der Waals surface area contributed by atoms with Crippen LogP contribution in [0.1, 0.15) is 27.2 Å². The van der Waals surface area contributed by atoms with Gasteiger partial charge in [-0.2, -0.15) is 5.10 Å². The van der Waals surface area contributed by atoms with Crippen LogP contribution >= 0.6 is 11.6 Å². The second kappa shape index (κ2) is 9.49. The van der Waals surface area contributed by atoms with E-state index in [0.717, 1.165) is 16.8 Å². The van der Waals surface area contributed by atoms with Gasteiger partial charge in [-0.05, 0) is 48.4 Å². The van der Waals surface area contributed by atoms with Crippen molar-refractivity contribution in [1.82, 2.24) is 9.78 Å². The van der Waals surface area contributed by atoms with Crippen LogP contribution in [0.3, 0.4) is 0 Å². The van der Waals surface area contributed by atoms with Crippen LogP contribution in [-0.2, 0) is 13.2 Å². The standard InChI is InChI=1S/C25H22ClN3O2/c1-18-13-24(28-29(18)16-19-7-3-2-4-8-19)27-25(30)21-10-5-9-20(14-21)17-31-23-12-6-11-22(26)15-23/h2-15H,16-17H2,1H3,(H,27,28,30). The molecule has 0 aliphatic rings. The number of hydrogen-bond donors (Lipinski definition) is 1. The van der Waals surface area contributed by atoms with E-state index in [2.05, 4.69) is 22.5 Å². The number of rotatable bonds is 7. The Morgan fingerprint density at radius 2 is 1.74 bits per heavy atom. The Morgan fingerprint density at radius 1 is 0.968 bits per heavy atom. The highest BCUT2D eigenvalue weighted by molar-refractivity contribution is 6.30. The first kappa shape index (κ1) is 20.7. The van der Waals surface area contributed by atoms with Crippen LogP contribution in [0.4, 0.5) is 5.82 Å². The van der Waals surface area contributed by atoms with E-state index in [9.17, 15) is 4.79 Å². The Balaban J connectivity index is 1.41. The SMILES string of the molecule is Cc1cc(NC(=O)c2cccc(COc3cccc(Cl)c3)c2)nn1Cc1ccccc1. The fraction of sp³-hybridized carbons (Fsp3) is 0.120. The quantitative estimate of drug-likeness (QED) is 0.407. The van der Waals surface area contributed by atoms with Crippen molar-refractivity contribution in [2.75, 3.05) is 5.32 Å². The summed E-state index contributed by atoms with van der Waals surface area (Å²) in [5.41, 5.74) is 3.56. The first-order chi connectivity index (χ1) is 15.1. The third-order valence-electron chi connectivity index (χ3n) is 4.79. The molecule has 5 nitrogen and oxygen atoms in total. The first-order valence-electron chi connectivity index (χ1n) is 9.94. The summed E-state index contributed by atoms with van der Waals surface area (Å²) in [6, 6.07) is 26.5. The number of aryl methyl sites for hydroxylation is 1. The normalized spacial score (nSPS) is 10.6. The van der Waals surface area contributed by atoms with Gasteiger partial charge in [-0.15, -0.1) is 0 Å². The van der Waals surface area contributed by atoms with E-state index in [4.69, 9.17) is 16.3 Å². The number of benzene rings is 3. The molecule has 0 radical (unpaired) electrons. The number of aromatic nitrogens is 2. The molecule has 1 heterocycles. The lowest BCUT2D eigenvalue weighted by Crippen LogP contribution is -2.13. The van der Waals surface area contributed by atoms with Gasteiger partial charge in [0.1, 0.15) is 12.4 Å². The average Bonchev–Trinajstić information content (AvgIpc) is 3.11. The first-order valence-corrected chi connectivity index (χ1v) is 10.3. The van der Waals surface area contributed by atoms with Crippen LogP contribution in [0.25, 0.3) is 0 Å². The number of anilines is 1. The van der Waals surface area contributed by atoms with Crippen molar-refractivity contribution in [3.8, 4) is 5.75 Å². The lowest BCUT2D eigenvalue weighted by atomic mass is 10.1. The summed E-state index contributed by atoms with van der Waals surface area (Å²) in [7, 11) is 0. The van der Waals surface area contributed by atoms with E-state index in [1.165, 1.54) is 0 Å².